The Balaban J connectivity index is 3.96. The number of amides is 4. The number of carboxylic acids is 1. The molecule has 0 aromatic rings. The molecule has 0 aromatic heterocycles. The first-order valence-electron chi connectivity index (χ1n) is 5.48. The lowest BCUT2D eigenvalue weighted by Gasteiger charge is -2.18. The molecule has 0 heterocycles. The topological polar surface area (TPSA) is 128 Å². The van der Waals surface area contributed by atoms with Gasteiger partial charge in [0.2, 0.25) is 11.8 Å². The van der Waals surface area contributed by atoms with Crippen LogP contribution in [0.2, 0.25) is 0 Å². The van der Waals surface area contributed by atoms with Crippen molar-refractivity contribution in [1.82, 2.24) is 20.9 Å². The molecule has 0 spiro atoms. The second kappa shape index (κ2) is 7.90. The lowest BCUT2D eigenvalue weighted by atomic mass is 10.3. The summed E-state index contributed by atoms with van der Waals surface area (Å²) in [6, 6.07) is -1.41. The first-order chi connectivity index (χ1) is 8.73. The number of nitrogens with one attached hydrogen (secondary N) is 3. The predicted octanol–water partition coefficient (Wildman–Crippen LogP) is -2.04. The summed E-state index contributed by atoms with van der Waals surface area (Å²) in [4.78, 5) is 45.3. The highest BCUT2D eigenvalue weighted by atomic mass is 16.4. The van der Waals surface area contributed by atoms with Gasteiger partial charge in [0.25, 0.3) is 0 Å². The number of aliphatic carboxylic acids is 1. The van der Waals surface area contributed by atoms with E-state index in [-0.39, 0.29) is 12.5 Å². The summed E-state index contributed by atoms with van der Waals surface area (Å²) in [5.41, 5.74) is 0. The average molecular weight is 274 g/mol. The van der Waals surface area contributed by atoms with Crippen molar-refractivity contribution in [1.29, 1.82) is 0 Å². The summed E-state index contributed by atoms with van der Waals surface area (Å²) in [5, 5.41) is 14.9. The van der Waals surface area contributed by atoms with Crippen molar-refractivity contribution >= 4 is 23.8 Å². The third kappa shape index (κ3) is 7.58. The van der Waals surface area contributed by atoms with Crippen LogP contribution in [0, 0.1) is 0 Å². The van der Waals surface area contributed by atoms with E-state index in [2.05, 4.69) is 16.0 Å². The van der Waals surface area contributed by atoms with Crippen molar-refractivity contribution < 1.29 is 24.3 Å². The standard InChI is InChI=1S/C10H18N4O5/c1-6(9(18)14(2)3)13-10(19)12-4-7(15)11-5-8(16)17/h6H,4-5H2,1-3H3,(H,11,15)(H,16,17)(H2,12,13,19). The quantitative estimate of drug-likeness (QED) is 0.444. The van der Waals surface area contributed by atoms with Crippen LogP contribution >= 0.6 is 0 Å². The highest BCUT2D eigenvalue weighted by Gasteiger charge is 2.17. The van der Waals surface area contributed by atoms with Gasteiger partial charge in [-0.25, -0.2) is 4.79 Å². The van der Waals surface area contributed by atoms with E-state index in [0.29, 0.717) is 0 Å². The van der Waals surface area contributed by atoms with Crippen LogP contribution < -0.4 is 16.0 Å². The zero-order valence-electron chi connectivity index (χ0n) is 11.0. The van der Waals surface area contributed by atoms with Gasteiger partial charge < -0.3 is 26.0 Å². The maximum absolute atomic E-state index is 11.4. The smallest absolute Gasteiger partial charge is 0.322 e. The van der Waals surface area contributed by atoms with Gasteiger partial charge >= 0.3 is 12.0 Å². The number of carbonyl (C=O) groups is 4. The molecule has 0 aromatic carbocycles. The second-order valence-electron chi connectivity index (χ2n) is 3.95. The Labute approximate surface area is 110 Å². The molecule has 0 aliphatic carbocycles. The van der Waals surface area contributed by atoms with E-state index >= 15 is 0 Å². The Morgan fingerprint density at radius 3 is 2.16 bits per heavy atom. The van der Waals surface area contributed by atoms with E-state index in [1.54, 1.807) is 14.1 Å². The molecule has 0 radical (unpaired) electrons. The number of carbonyl (C=O) groups excluding carboxylic acids is 3. The van der Waals surface area contributed by atoms with Gasteiger partial charge in [-0.15, -0.1) is 0 Å². The summed E-state index contributed by atoms with van der Waals surface area (Å²) in [6.45, 7) is 0.617. The molecule has 0 rings (SSSR count). The summed E-state index contributed by atoms with van der Waals surface area (Å²) in [7, 11) is 3.11. The van der Waals surface area contributed by atoms with Gasteiger partial charge in [-0.1, -0.05) is 0 Å². The number of urea groups is 1. The van der Waals surface area contributed by atoms with Crippen LogP contribution in [0.5, 0.6) is 0 Å². The Bertz CT molecular complexity index is 369. The average Bonchev–Trinajstić information content (AvgIpc) is 2.32. The monoisotopic (exact) mass is 274 g/mol. The van der Waals surface area contributed by atoms with Crippen molar-refractivity contribution in [3.05, 3.63) is 0 Å². The van der Waals surface area contributed by atoms with E-state index in [0.717, 1.165) is 0 Å². The molecule has 1 unspecified atom stereocenters. The molecule has 0 bridgehead atoms. The maximum atomic E-state index is 11.4. The molecule has 0 saturated carbocycles. The molecule has 0 aliphatic rings. The van der Waals surface area contributed by atoms with Crippen LogP contribution in [0.1, 0.15) is 6.92 Å². The van der Waals surface area contributed by atoms with Crippen molar-refractivity contribution in [2.45, 2.75) is 13.0 Å². The van der Waals surface area contributed by atoms with Crippen LogP contribution in [0.3, 0.4) is 0 Å². The van der Waals surface area contributed by atoms with Crippen LogP contribution in [0.4, 0.5) is 4.79 Å². The molecule has 19 heavy (non-hydrogen) atoms. The summed E-state index contributed by atoms with van der Waals surface area (Å²) < 4.78 is 0. The highest BCUT2D eigenvalue weighted by Crippen LogP contribution is 1.88. The van der Waals surface area contributed by atoms with E-state index in [4.69, 9.17) is 5.11 Å². The lowest BCUT2D eigenvalue weighted by molar-refractivity contribution is -0.137. The Morgan fingerprint density at radius 1 is 1.11 bits per heavy atom. The molecular weight excluding hydrogens is 256 g/mol. The third-order valence-corrected chi connectivity index (χ3v) is 2.01. The van der Waals surface area contributed by atoms with Gasteiger partial charge in [0.05, 0.1) is 6.54 Å². The van der Waals surface area contributed by atoms with Gasteiger partial charge in [0, 0.05) is 14.1 Å². The molecule has 4 N–H and O–H groups in total. The van der Waals surface area contributed by atoms with E-state index in [1.807, 2.05) is 0 Å². The summed E-state index contributed by atoms with van der Waals surface area (Å²) in [6.07, 6.45) is 0. The minimum Gasteiger partial charge on any atom is -0.480 e. The van der Waals surface area contributed by atoms with Crippen molar-refractivity contribution in [2.75, 3.05) is 27.2 Å². The highest BCUT2D eigenvalue weighted by molar-refractivity contribution is 5.89. The zero-order valence-corrected chi connectivity index (χ0v) is 11.0. The lowest BCUT2D eigenvalue weighted by Crippen LogP contribution is -2.50. The molecule has 9 heteroatoms. The van der Waals surface area contributed by atoms with Gasteiger partial charge in [-0.2, -0.15) is 0 Å². The van der Waals surface area contributed by atoms with Gasteiger partial charge in [-0.3, -0.25) is 14.4 Å². The molecule has 0 saturated heterocycles. The fraction of sp³-hybridized carbons (Fsp3) is 0.600. The largest absolute Gasteiger partial charge is 0.480 e. The van der Waals surface area contributed by atoms with Crippen LogP contribution in [0.25, 0.3) is 0 Å². The van der Waals surface area contributed by atoms with E-state index in [1.165, 1.54) is 11.8 Å². The van der Waals surface area contributed by atoms with E-state index < -0.39 is 30.5 Å². The minimum atomic E-state index is -1.18. The summed E-state index contributed by atoms with van der Waals surface area (Å²) >= 11 is 0. The summed E-state index contributed by atoms with van der Waals surface area (Å²) in [5.74, 6) is -2.10. The van der Waals surface area contributed by atoms with Crippen molar-refractivity contribution in [2.24, 2.45) is 0 Å². The van der Waals surface area contributed by atoms with Crippen LogP contribution in [-0.2, 0) is 14.4 Å². The fourth-order valence-corrected chi connectivity index (χ4v) is 1.09. The normalized spacial score (nSPS) is 11.1. The maximum Gasteiger partial charge on any atom is 0.322 e. The van der Waals surface area contributed by atoms with Crippen LogP contribution in [0.15, 0.2) is 0 Å². The Hall–Kier alpha value is -2.32. The van der Waals surface area contributed by atoms with E-state index in [9.17, 15) is 19.2 Å². The Kier molecular flexibility index (Phi) is 6.94. The minimum absolute atomic E-state index is 0.287. The molecule has 4 amide bonds. The number of hydrogen-bond acceptors (Lipinski definition) is 4. The molecular formula is C10H18N4O5. The number of hydrogen-bond donors (Lipinski definition) is 4. The fourth-order valence-electron chi connectivity index (χ4n) is 1.09. The number of likely N-dealkylation sites (N-methyl/N-ethyl adjacent to an activating group) is 1. The van der Waals surface area contributed by atoms with Gasteiger partial charge in [-0.05, 0) is 6.92 Å². The number of nitrogens with zero attached hydrogens (tertiary/aromatic N) is 1. The molecule has 0 aliphatic heterocycles. The van der Waals surface area contributed by atoms with Crippen molar-refractivity contribution in [3.8, 4) is 0 Å². The first kappa shape index (κ1) is 16.7. The predicted molar refractivity (Wildman–Crippen MR) is 65.3 cm³/mol. The van der Waals surface area contributed by atoms with Gasteiger partial charge in [0.15, 0.2) is 0 Å². The molecule has 1 atom stereocenters. The number of carboxylic acid groups (broad SMARTS) is 1. The SMILES string of the molecule is CC(NC(=O)NCC(=O)NCC(=O)O)C(=O)N(C)C. The van der Waals surface area contributed by atoms with Crippen LogP contribution in [-0.4, -0.2) is 67.0 Å². The first-order valence-corrected chi connectivity index (χ1v) is 5.48. The molecule has 108 valence electrons. The second-order valence-corrected chi connectivity index (χ2v) is 3.95. The van der Waals surface area contributed by atoms with Crippen molar-refractivity contribution in [3.63, 3.8) is 0 Å². The van der Waals surface area contributed by atoms with Gasteiger partial charge in [0.1, 0.15) is 12.6 Å². The zero-order chi connectivity index (χ0) is 15.0. The third-order valence-electron chi connectivity index (χ3n) is 2.01. The molecule has 0 fully saturated rings. The number of rotatable bonds is 6. The Morgan fingerprint density at radius 2 is 1.68 bits per heavy atom. The molecule has 9 nitrogen and oxygen atoms in total.